The Bertz CT molecular complexity index is 291. The second kappa shape index (κ2) is 5.27. The van der Waals surface area contributed by atoms with Crippen LogP contribution >= 0.6 is 11.6 Å². The molecule has 1 N–H and O–H groups in total. The van der Waals surface area contributed by atoms with Crippen LogP contribution in [-0.4, -0.2) is 13.0 Å². The fraction of sp³-hybridized carbons (Fsp3) is 0.400. The lowest BCUT2D eigenvalue weighted by molar-refractivity contribution is 0.142. The molecule has 0 heterocycles. The molecular formula is C10H12ClF2N. The molecule has 0 bridgehead atoms. The summed E-state index contributed by atoms with van der Waals surface area (Å²) >= 11 is 5.91. The molecule has 0 aliphatic heterocycles. The fourth-order valence-corrected chi connectivity index (χ4v) is 1.50. The molecule has 0 aliphatic rings. The third-order valence-corrected chi connectivity index (χ3v) is 2.29. The van der Waals surface area contributed by atoms with E-state index >= 15 is 0 Å². The lowest BCUT2D eigenvalue weighted by atomic mass is 10.1. The van der Waals surface area contributed by atoms with Crippen molar-refractivity contribution in [3.63, 3.8) is 0 Å². The summed E-state index contributed by atoms with van der Waals surface area (Å²) < 4.78 is 23.8. The Morgan fingerprint density at radius 3 is 2.57 bits per heavy atom. The Morgan fingerprint density at radius 2 is 2.00 bits per heavy atom. The predicted octanol–water partition coefficient (Wildman–Crippen LogP) is 3.26. The van der Waals surface area contributed by atoms with Gasteiger partial charge in [-0.15, -0.1) is 0 Å². The van der Waals surface area contributed by atoms with Crippen LogP contribution in [0.4, 0.5) is 8.78 Å². The second-order valence-corrected chi connectivity index (χ2v) is 3.45. The average molecular weight is 220 g/mol. The summed E-state index contributed by atoms with van der Waals surface area (Å²) in [4.78, 5) is 0. The van der Waals surface area contributed by atoms with Gasteiger partial charge in [-0.2, -0.15) is 0 Å². The molecule has 0 aromatic heterocycles. The molecule has 1 nitrogen and oxygen atoms in total. The van der Waals surface area contributed by atoms with Gasteiger partial charge in [-0.05, 0) is 18.6 Å². The van der Waals surface area contributed by atoms with Crippen molar-refractivity contribution in [1.82, 2.24) is 5.32 Å². The molecule has 0 unspecified atom stereocenters. The quantitative estimate of drug-likeness (QED) is 0.820. The SMILES string of the molecule is C[C@@H](NCC(F)F)c1ccccc1Cl. The van der Waals surface area contributed by atoms with Crippen LogP contribution in [0.2, 0.25) is 5.02 Å². The molecule has 0 aliphatic carbocycles. The summed E-state index contributed by atoms with van der Waals surface area (Å²) in [5.41, 5.74) is 0.842. The number of hydrogen-bond acceptors (Lipinski definition) is 1. The van der Waals surface area contributed by atoms with Crippen molar-refractivity contribution >= 4 is 11.6 Å². The monoisotopic (exact) mass is 219 g/mol. The van der Waals surface area contributed by atoms with Crippen LogP contribution in [0.3, 0.4) is 0 Å². The number of nitrogens with one attached hydrogen (secondary N) is 1. The second-order valence-electron chi connectivity index (χ2n) is 3.04. The summed E-state index contributed by atoms with van der Waals surface area (Å²) in [5.74, 6) is 0. The van der Waals surface area contributed by atoms with E-state index in [1.54, 1.807) is 6.07 Å². The van der Waals surface area contributed by atoms with Crippen molar-refractivity contribution in [1.29, 1.82) is 0 Å². The largest absolute Gasteiger partial charge is 0.305 e. The summed E-state index contributed by atoms with van der Waals surface area (Å²) in [6, 6.07) is 7.06. The zero-order chi connectivity index (χ0) is 10.6. The average Bonchev–Trinajstić information content (AvgIpc) is 2.15. The van der Waals surface area contributed by atoms with E-state index in [-0.39, 0.29) is 12.6 Å². The summed E-state index contributed by atoms with van der Waals surface area (Å²) in [5, 5.41) is 3.30. The van der Waals surface area contributed by atoms with Gasteiger partial charge in [0.25, 0.3) is 6.43 Å². The Kier molecular flexibility index (Phi) is 4.29. The first-order valence-electron chi connectivity index (χ1n) is 4.37. The summed E-state index contributed by atoms with van der Waals surface area (Å²) in [6.45, 7) is 1.50. The van der Waals surface area contributed by atoms with Gasteiger partial charge in [0.05, 0.1) is 6.54 Å². The maximum absolute atomic E-state index is 11.9. The highest BCUT2D eigenvalue weighted by Gasteiger charge is 2.10. The summed E-state index contributed by atoms with van der Waals surface area (Å²) in [6.07, 6.45) is -2.33. The molecule has 0 saturated heterocycles. The number of alkyl halides is 2. The van der Waals surface area contributed by atoms with Crippen molar-refractivity contribution < 1.29 is 8.78 Å². The Labute approximate surface area is 87.1 Å². The number of hydrogen-bond donors (Lipinski definition) is 1. The Morgan fingerprint density at radius 1 is 1.36 bits per heavy atom. The van der Waals surface area contributed by atoms with Crippen LogP contribution in [0, 0.1) is 0 Å². The fourth-order valence-electron chi connectivity index (χ4n) is 1.20. The van der Waals surface area contributed by atoms with E-state index in [4.69, 9.17) is 11.6 Å². The Balaban J connectivity index is 2.60. The molecule has 0 fully saturated rings. The van der Waals surface area contributed by atoms with E-state index in [1.807, 2.05) is 25.1 Å². The van der Waals surface area contributed by atoms with Crippen molar-refractivity contribution in [3.8, 4) is 0 Å². The first kappa shape index (κ1) is 11.4. The first-order valence-corrected chi connectivity index (χ1v) is 4.75. The molecule has 4 heteroatoms. The van der Waals surface area contributed by atoms with E-state index < -0.39 is 6.43 Å². The van der Waals surface area contributed by atoms with Gasteiger partial charge in [0.1, 0.15) is 0 Å². The molecular weight excluding hydrogens is 208 g/mol. The molecule has 0 saturated carbocycles. The summed E-state index contributed by atoms with van der Waals surface area (Å²) in [7, 11) is 0. The zero-order valence-electron chi connectivity index (χ0n) is 7.81. The molecule has 1 aromatic rings. The van der Waals surface area contributed by atoms with Crippen LogP contribution < -0.4 is 5.32 Å². The third-order valence-electron chi connectivity index (χ3n) is 1.95. The highest BCUT2D eigenvalue weighted by atomic mass is 35.5. The van der Waals surface area contributed by atoms with E-state index in [0.29, 0.717) is 5.02 Å². The van der Waals surface area contributed by atoms with E-state index in [0.717, 1.165) is 5.56 Å². The third kappa shape index (κ3) is 3.24. The minimum Gasteiger partial charge on any atom is -0.305 e. The van der Waals surface area contributed by atoms with Crippen LogP contribution in [0.1, 0.15) is 18.5 Å². The molecule has 1 atom stereocenters. The van der Waals surface area contributed by atoms with Gasteiger partial charge in [-0.1, -0.05) is 29.8 Å². The zero-order valence-corrected chi connectivity index (χ0v) is 8.56. The molecule has 0 spiro atoms. The molecule has 1 rings (SSSR count). The van der Waals surface area contributed by atoms with Crippen molar-refractivity contribution in [2.75, 3.05) is 6.54 Å². The van der Waals surface area contributed by atoms with Gasteiger partial charge >= 0.3 is 0 Å². The maximum atomic E-state index is 11.9. The van der Waals surface area contributed by atoms with Gasteiger partial charge in [0.15, 0.2) is 0 Å². The highest BCUT2D eigenvalue weighted by Crippen LogP contribution is 2.21. The number of rotatable bonds is 4. The van der Waals surface area contributed by atoms with Gasteiger partial charge in [0.2, 0.25) is 0 Å². The van der Waals surface area contributed by atoms with Crippen molar-refractivity contribution in [2.24, 2.45) is 0 Å². The van der Waals surface area contributed by atoms with Gasteiger partial charge in [0, 0.05) is 11.1 Å². The van der Waals surface area contributed by atoms with Crippen molar-refractivity contribution in [3.05, 3.63) is 34.9 Å². The predicted molar refractivity (Wildman–Crippen MR) is 53.9 cm³/mol. The van der Waals surface area contributed by atoms with Gasteiger partial charge < -0.3 is 5.32 Å². The molecule has 0 radical (unpaired) electrons. The molecule has 78 valence electrons. The van der Waals surface area contributed by atoms with Gasteiger partial charge in [-0.25, -0.2) is 8.78 Å². The number of benzene rings is 1. The van der Waals surface area contributed by atoms with Crippen molar-refractivity contribution in [2.45, 2.75) is 19.4 Å². The minimum atomic E-state index is -2.33. The topological polar surface area (TPSA) is 12.0 Å². The molecule has 1 aromatic carbocycles. The maximum Gasteiger partial charge on any atom is 0.250 e. The normalized spacial score (nSPS) is 13.2. The van der Waals surface area contributed by atoms with E-state index in [1.165, 1.54) is 0 Å². The van der Waals surface area contributed by atoms with E-state index in [9.17, 15) is 8.78 Å². The van der Waals surface area contributed by atoms with Gasteiger partial charge in [-0.3, -0.25) is 0 Å². The molecule has 0 amide bonds. The van der Waals surface area contributed by atoms with Crippen LogP contribution in [-0.2, 0) is 0 Å². The molecule has 14 heavy (non-hydrogen) atoms. The Hall–Kier alpha value is -0.670. The minimum absolute atomic E-state index is 0.155. The van der Waals surface area contributed by atoms with Crippen LogP contribution in [0.5, 0.6) is 0 Å². The first-order chi connectivity index (χ1) is 6.61. The standard InChI is InChI=1S/C10H12ClF2N/c1-7(14-6-10(12)13)8-4-2-3-5-9(8)11/h2-5,7,10,14H,6H2,1H3/t7-/m1/s1. The smallest absolute Gasteiger partial charge is 0.250 e. The van der Waals surface area contributed by atoms with Crippen LogP contribution in [0.15, 0.2) is 24.3 Å². The van der Waals surface area contributed by atoms with Crippen LogP contribution in [0.25, 0.3) is 0 Å². The lowest BCUT2D eigenvalue weighted by Gasteiger charge is -2.14. The number of halogens is 3. The lowest BCUT2D eigenvalue weighted by Crippen LogP contribution is -2.24. The van der Waals surface area contributed by atoms with E-state index in [2.05, 4.69) is 5.32 Å². The highest BCUT2D eigenvalue weighted by molar-refractivity contribution is 6.31.